The molecule has 0 radical (unpaired) electrons. The van der Waals surface area contributed by atoms with E-state index in [9.17, 15) is 0 Å². The number of halogens is 1. The lowest BCUT2D eigenvalue weighted by molar-refractivity contribution is 0.304. The van der Waals surface area contributed by atoms with Gasteiger partial charge < -0.3 is 9.64 Å². The van der Waals surface area contributed by atoms with E-state index in [0.717, 1.165) is 31.7 Å². The van der Waals surface area contributed by atoms with Crippen molar-refractivity contribution >= 4 is 17.4 Å². The second-order valence-electron chi connectivity index (χ2n) is 3.89. The van der Waals surface area contributed by atoms with E-state index < -0.39 is 0 Å². The van der Waals surface area contributed by atoms with Gasteiger partial charge in [-0.25, -0.2) is 9.97 Å². The highest BCUT2D eigenvalue weighted by atomic mass is 35.5. The molecule has 0 aliphatic carbocycles. The summed E-state index contributed by atoms with van der Waals surface area (Å²) in [5, 5.41) is 0.231. The summed E-state index contributed by atoms with van der Waals surface area (Å²) in [5.74, 6) is 1.55. The zero-order valence-electron chi connectivity index (χ0n) is 9.40. The van der Waals surface area contributed by atoms with Crippen LogP contribution in [0.25, 0.3) is 0 Å². The summed E-state index contributed by atoms with van der Waals surface area (Å²) in [6.07, 6.45) is 3.53. The van der Waals surface area contributed by atoms with E-state index in [2.05, 4.69) is 21.8 Å². The molecule has 2 rings (SSSR count). The van der Waals surface area contributed by atoms with Gasteiger partial charge in [-0.15, -0.1) is 11.6 Å². The van der Waals surface area contributed by atoms with Gasteiger partial charge in [-0.3, -0.25) is 0 Å². The molecule has 2 heterocycles. The summed E-state index contributed by atoms with van der Waals surface area (Å²) in [6.45, 7) is 4.57. The molecule has 4 nitrogen and oxygen atoms in total. The lowest BCUT2D eigenvalue weighted by Crippen LogP contribution is -2.21. The highest BCUT2D eigenvalue weighted by Crippen LogP contribution is 2.22. The molecular formula is C11H16ClN3O. The van der Waals surface area contributed by atoms with E-state index in [0.29, 0.717) is 12.5 Å². The van der Waals surface area contributed by atoms with Crippen LogP contribution in [0.4, 0.5) is 5.82 Å². The predicted octanol–water partition coefficient (Wildman–Crippen LogP) is 2.08. The largest absolute Gasteiger partial charge is 0.478 e. The molecule has 1 saturated heterocycles. The summed E-state index contributed by atoms with van der Waals surface area (Å²) >= 11 is 6.06. The van der Waals surface area contributed by atoms with E-state index in [1.165, 1.54) is 0 Å². The Labute approximate surface area is 101 Å². The highest BCUT2D eigenvalue weighted by Gasteiger charge is 2.21. The second kappa shape index (κ2) is 5.34. The van der Waals surface area contributed by atoms with Crippen LogP contribution in [0.1, 0.15) is 19.8 Å². The molecule has 0 bridgehead atoms. The van der Waals surface area contributed by atoms with E-state index in [1.807, 2.05) is 6.07 Å². The van der Waals surface area contributed by atoms with Crippen molar-refractivity contribution in [3.05, 3.63) is 12.4 Å². The number of nitrogens with zero attached hydrogens (tertiary/aromatic N) is 3. The Bertz CT molecular complexity index is 348. The van der Waals surface area contributed by atoms with Gasteiger partial charge in [-0.2, -0.15) is 0 Å². The first-order chi connectivity index (χ1) is 7.79. The number of hydrogen-bond donors (Lipinski definition) is 0. The van der Waals surface area contributed by atoms with Crippen molar-refractivity contribution in [3.8, 4) is 5.88 Å². The van der Waals surface area contributed by atoms with Crippen LogP contribution in [0.15, 0.2) is 12.4 Å². The van der Waals surface area contributed by atoms with Crippen LogP contribution in [0.5, 0.6) is 5.88 Å². The molecule has 5 heteroatoms. The molecule has 0 N–H and O–H groups in total. The van der Waals surface area contributed by atoms with Crippen molar-refractivity contribution in [2.75, 3.05) is 24.6 Å². The fraction of sp³-hybridized carbons (Fsp3) is 0.636. The lowest BCUT2D eigenvalue weighted by atomic mass is 10.4. The minimum Gasteiger partial charge on any atom is -0.478 e. The topological polar surface area (TPSA) is 38.2 Å². The van der Waals surface area contributed by atoms with Gasteiger partial charge in [0.1, 0.15) is 12.1 Å². The molecule has 1 atom stereocenters. The molecule has 1 unspecified atom stereocenters. The van der Waals surface area contributed by atoms with Crippen molar-refractivity contribution in [2.24, 2.45) is 0 Å². The zero-order valence-corrected chi connectivity index (χ0v) is 10.2. The Balaban J connectivity index is 2.04. The van der Waals surface area contributed by atoms with Gasteiger partial charge in [0.2, 0.25) is 5.88 Å². The number of anilines is 1. The minimum atomic E-state index is 0.231. The molecule has 0 aromatic carbocycles. The predicted molar refractivity (Wildman–Crippen MR) is 64.3 cm³/mol. The summed E-state index contributed by atoms with van der Waals surface area (Å²) < 4.78 is 5.47. The Hall–Kier alpha value is -1.03. The highest BCUT2D eigenvalue weighted by molar-refractivity contribution is 6.21. The van der Waals surface area contributed by atoms with Crippen molar-refractivity contribution in [1.82, 2.24) is 9.97 Å². The van der Waals surface area contributed by atoms with Gasteiger partial charge >= 0.3 is 0 Å². The zero-order chi connectivity index (χ0) is 11.4. The van der Waals surface area contributed by atoms with Crippen LogP contribution < -0.4 is 9.64 Å². The number of ether oxygens (including phenoxy) is 1. The van der Waals surface area contributed by atoms with Crippen LogP contribution in [-0.2, 0) is 0 Å². The van der Waals surface area contributed by atoms with E-state index in [4.69, 9.17) is 16.3 Å². The number of aromatic nitrogens is 2. The van der Waals surface area contributed by atoms with Crippen LogP contribution >= 0.6 is 11.6 Å². The third-order valence-electron chi connectivity index (χ3n) is 2.54. The first kappa shape index (κ1) is 11.5. The van der Waals surface area contributed by atoms with E-state index >= 15 is 0 Å². The normalized spacial score (nSPS) is 20.1. The molecule has 1 aliphatic rings. The lowest BCUT2D eigenvalue weighted by Gasteiger charge is -2.16. The van der Waals surface area contributed by atoms with Gasteiger partial charge in [-0.05, 0) is 12.8 Å². The van der Waals surface area contributed by atoms with Crippen molar-refractivity contribution in [3.63, 3.8) is 0 Å². The maximum Gasteiger partial charge on any atom is 0.218 e. The van der Waals surface area contributed by atoms with Crippen molar-refractivity contribution < 1.29 is 4.74 Å². The molecule has 1 aromatic heterocycles. The van der Waals surface area contributed by atoms with E-state index in [-0.39, 0.29) is 5.38 Å². The van der Waals surface area contributed by atoms with Gasteiger partial charge in [0.05, 0.1) is 12.0 Å². The fourth-order valence-corrected chi connectivity index (χ4v) is 1.98. The number of alkyl halides is 1. The molecule has 0 saturated carbocycles. The van der Waals surface area contributed by atoms with Crippen LogP contribution in [-0.4, -0.2) is 35.0 Å². The Morgan fingerprint density at radius 2 is 2.44 bits per heavy atom. The molecule has 0 spiro atoms. The van der Waals surface area contributed by atoms with Crippen molar-refractivity contribution in [1.29, 1.82) is 0 Å². The minimum absolute atomic E-state index is 0.231. The molecule has 16 heavy (non-hydrogen) atoms. The molecule has 88 valence electrons. The molecule has 1 fully saturated rings. The molecule has 1 aliphatic heterocycles. The standard InChI is InChI=1S/C11H16ClN3O/c1-2-5-16-11-6-10(13-8-14-11)15-4-3-9(12)7-15/h6,8-9H,2-5,7H2,1H3. The fourth-order valence-electron chi connectivity index (χ4n) is 1.71. The quantitative estimate of drug-likeness (QED) is 0.757. The Kier molecular flexibility index (Phi) is 3.83. The van der Waals surface area contributed by atoms with Crippen LogP contribution in [0.3, 0.4) is 0 Å². The van der Waals surface area contributed by atoms with Gasteiger partial charge in [0.15, 0.2) is 0 Å². The van der Waals surface area contributed by atoms with Crippen LogP contribution in [0.2, 0.25) is 0 Å². The third kappa shape index (κ3) is 2.76. The average molecular weight is 242 g/mol. The van der Waals surface area contributed by atoms with Gasteiger partial charge in [-0.1, -0.05) is 6.92 Å². The first-order valence-corrected chi connectivity index (χ1v) is 6.07. The first-order valence-electron chi connectivity index (χ1n) is 5.63. The Morgan fingerprint density at radius 1 is 1.56 bits per heavy atom. The van der Waals surface area contributed by atoms with Crippen LogP contribution in [0, 0.1) is 0 Å². The van der Waals surface area contributed by atoms with Crippen molar-refractivity contribution in [2.45, 2.75) is 25.1 Å². The Morgan fingerprint density at radius 3 is 3.12 bits per heavy atom. The number of hydrogen-bond acceptors (Lipinski definition) is 4. The third-order valence-corrected chi connectivity index (χ3v) is 2.89. The summed E-state index contributed by atoms with van der Waals surface area (Å²) in [4.78, 5) is 10.5. The summed E-state index contributed by atoms with van der Waals surface area (Å²) in [5.41, 5.74) is 0. The van der Waals surface area contributed by atoms with E-state index in [1.54, 1.807) is 6.33 Å². The smallest absolute Gasteiger partial charge is 0.218 e. The summed E-state index contributed by atoms with van der Waals surface area (Å²) in [6, 6.07) is 1.88. The SMILES string of the molecule is CCCOc1cc(N2CCC(Cl)C2)ncn1. The maximum atomic E-state index is 6.06. The molecular weight excluding hydrogens is 226 g/mol. The van der Waals surface area contributed by atoms with Gasteiger partial charge in [0, 0.05) is 19.2 Å². The molecule has 0 amide bonds. The number of rotatable bonds is 4. The second-order valence-corrected chi connectivity index (χ2v) is 4.51. The summed E-state index contributed by atoms with van der Waals surface area (Å²) in [7, 11) is 0. The monoisotopic (exact) mass is 241 g/mol. The maximum absolute atomic E-state index is 6.06. The molecule has 1 aromatic rings. The average Bonchev–Trinajstić information content (AvgIpc) is 2.74. The van der Waals surface area contributed by atoms with Gasteiger partial charge in [0.25, 0.3) is 0 Å².